The zero-order chi connectivity index (χ0) is 9.14. The maximum Gasteiger partial charge on any atom is 0.259 e. The van der Waals surface area contributed by atoms with E-state index < -0.39 is 11.3 Å². The fourth-order valence-corrected chi connectivity index (χ4v) is 1.14. The van der Waals surface area contributed by atoms with E-state index >= 15 is 0 Å². The van der Waals surface area contributed by atoms with E-state index in [1.807, 2.05) is 0 Å². The van der Waals surface area contributed by atoms with Gasteiger partial charge in [0.15, 0.2) is 0 Å². The second-order valence-corrected chi connectivity index (χ2v) is 3.02. The fraction of sp³-hybridized carbons (Fsp3) is 0.143. The lowest BCUT2D eigenvalue weighted by molar-refractivity contribution is 0.570. The number of hydrogen-bond donors (Lipinski definition) is 2. The van der Waals surface area contributed by atoms with Crippen LogP contribution in [0.15, 0.2) is 18.2 Å². The van der Waals surface area contributed by atoms with Gasteiger partial charge in [-0.1, -0.05) is 0 Å². The van der Waals surface area contributed by atoms with Gasteiger partial charge in [0.2, 0.25) is 0 Å². The van der Waals surface area contributed by atoms with Crippen molar-refractivity contribution in [3.8, 4) is 0 Å². The Labute approximate surface area is 72.0 Å². The highest BCUT2D eigenvalue weighted by atomic mass is 32.2. The van der Waals surface area contributed by atoms with Gasteiger partial charge in [-0.15, -0.1) is 0 Å². The van der Waals surface area contributed by atoms with Crippen molar-refractivity contribution in [2.24, 2.45) is 0 Å². The molecule has 5 heteroatoms. The average Bonchev–Trinajstić information content (AvgIpc) is 1.96. The van der Waals surface area contributed by atoms with Crippen LogP contribution >= 0.6 is 0 Å². The Morgan fingerprint density at radius 1 is 1.58 bits per heavy atom. The smallest absolute Gasteiger partial charge is 0.259 e. The molecule has 3 nitrogen and oxygen atoms in total. The number of aryl methyl sites for hydroxylation is 1. The fourth-order valence-electron chi connectivity index (χ4n) is 0.809. The normalized spacial score (nSPS) is 12.6. The zero-order valence-electron chi connectivity index (χ0n) is 6.37. The van der Waals surface area contributed by atoms with Crippen molar-refractivity contribution in [2.75, 3.05) is 4.72 Å². The molecular formula is C7H8FNO2S. The molecule has 0 saturated carbocycles. The summed E-state index contributed by atoms with van der Waals surface area (Å²) >= 11 is -2.10. The minimum atomic E-state index is -2.10. The Morgan fingerprint density at radius 3 is 2.75 bits per heavy atom. The molecule has 66 valence electrons. The molecule has 1 rings (SSSR count). The predicted molar refractivity (Wildman–Crippen MR) is 45.5 cm³/mol. The summed E-state index contributed by atoms with van der Waals surface area (Å²) in [5.41, 5.74) is 0.861. The second kappa shape index (κ2) is 3.64. The van der Waals surface area contributed by atoms with Crippen LogP contribution in [0.1, 0.15) is 5.56 Å². The predicted octanol–water partition coefficient (Wildman–Crippen LogP) is 1.68. The molecule has 0 heterocycles. The van der Waals surface area contributed by atoms with Crippen LogP contribution in [0.4, 0.5) is 10.1 Å². The van der Waals surface area contributed by atoms with Gasteiger partial charge in [0, 0.05) is 5.69 Å². The topological polar surface area (TPSA) is 49.3 Å². The van der Waals surface area contributed by atoms with Crippen molar-refractivity contribution in [1.82, 2.24) is 0 Å². The summed E-state index contributed by atoms with van der Waals surface area (Å²) in [6, 6.07) is 4.10. The number of nitrogens with one attached hydrogen (secondary N) is 1. The lowest BCUT2D eigenvalue weighted by atomic mass is 10.2. The number of hydrogen-bond acceptors (Lipinski definition) is 1. The third kappa shape index (κ3) is 2.28. The summed E-state index contributed by atoms with van der Waals surface area (Å²) in [5.74, 6) is -0.329. The summed E-state index contributed by atoms with van der Waals surface area (Å²) in [7, 11) is 0. The Hall–Kier alpha value is -0.940. The Kier molecular flexibility index (Phi) is 2.78. The lowest BCUT2D eigenvalue weighted by Crippen LogP contribution is -2.02. The number of benzene rings is 1. The summed E-state index contributed by atoms with van der Waals surface area (Å²) in [5, 5.41) is 0. The first-order chi connectivity index (χ1) is 5.59. The lowest BCUT2D eigenvalue weighted by Gasteiger charge is -2.02. The van der Waals surface area contributed by atoms with Crippen LogP contribution < -0.4 is 4.72 Å². The van der Waals surface area contributed by atoms with E-state index in [0.29, 0.717) is 11.3 Å². The minimum absolute atomic E-state index is 0.329. The molecule has 0 aromatic heterocycles. The Morgan fingerprint density at radius 2 is 2.25 bits per heavy atom. The molecule has 0 saturated heterocycles. The van der Waals surface area contributed by atoms with E-state index in [0.717, 1.165) is 0 Å². The molecule has 0 radical (unpaired) electrons. The standard InChI is InChI=1S/C7H8FNO2S/c1-5-4-6(9-12(10)11)2-3-7(5)8/h2-4,9H,1H3,(H,10,11). The summed E-state index contributed by atoms with van der Waals surface area (Å²) in [6.45, 7) is 1.58. The van der Waals surface area contributed by atoms with Gasteiger partial charge in [-0.2, -0.15) is 0 Å². The third-order valence-electron chi connectivity index (χ3n) is 1.36. The molecule has 12 heavy (non-hydrogen) atoms. The van der Waals surface area contributed by atoms with Crippen LogP contribution in [0.25, 0.3) is 0 Å². The molecule has 0 aliphatic heterocycles. The SMILES string of the molecule is Cc1cc(NS(=O)O)ccc1F. The van der Waals surface area contributed by atoms with Crippen LogP contribution in [0.3, 0.4) is 0 Å². The van der Waals surface area contributed by atoms with E-state index in [4.69, 9.17) is 4.55 Å². The monoisotopic (exact) mass is 189 g/mol. The maximum atomic E-state index is 12.7. The number of anilines is 1. The molecular weight excluding hydrogens is 181 g/mol. The number of halogens is 1. The first-order valence-electron chi connectivity index (χ1n) is 3.23. The molecule has 0 bridgehead atoms. The quantitative estimate of drug-likeness (QED) is 0.695. The average molecular weight is 189 g/mol. The van der Waals surface area contributed by atoms with Crippen LogP contribution in [0.5, 0.6) is 0 Å². The molecule has 1 aromatic rings. The van der Waals surface area contributed by atoms with Gasteiger partial charge in [-0.05, 0) is 30.7 Å². The molecule has 0 spiro atoms. The van der Waals surface area contributed by atoms with Crippen LogP contribution in [-0.2, 0) is 11.3 Å². The largest absolute Gasteiger partial charge is 0.289 e. The summed E-state index contributed by atoms with van der Waals surface area (Å²) in [4.78, 5) is 0. The van der Waals surface area contributed by atoms with Gasteiger partial charge in [0.1, 0.15) is 5.82 Å². The highest BCUT2D eigenvalue weighted by molar-refractivity contribution is 7.80. The van der Waals surface area contributed by atoms with Crippen LogP contribution in [0, 0.1) is 12.7 Å². The molecule has 0 aliphatic rings. The van der Waals surface area contributed by atoms with Gasteiger partial charge in [0.25, 0.3) is 11.3 Å². The maximum absolute atomic E-state index is 12.7. The zero-order valence-corrected chi connectivity index (χ0v) is 7.19. The van der Waals surface area contributed by atoms with Crippen LogP contribution in [0.2, 0.25) is 0 Å². The van der Waals surface area contributed by atoms with E-state index in [2.05, 4.69) is 4.72 Å². The second-order valence-electron chi connectivity index (χ2n) is 2.32. The number of rotatable bonds is 2. The molecule has 1 unspecified atom stereocenters. The van der Waals surface area contributed by atoms with E-state index in [1.165, 1.54) is 18.2 Å². The van der Waals surface area contributed by atoms with E-state index in [9.17, 15) is 8.60 Å². The van der Waals surface area contributed by atoms with Gasteiger partial charge in [0.05, 0.1) is 0 Å². The third-order valence-corrected chi connectivity index (χ3v) is 1.77. The van der Waals surface area contributed by atoms with Gasteiger partial charge >= 0.3 is 0 Å². The molecule has 1 atom stereocenters. The van der Waals surface area contributed by atoms with Crippen LogP contribution in [-0.4, -0.2) is 8.76 Å². The van der Waals surface area contributed by atoms with E-state index in [1.54, 1.807) is 6.92 Å². The van der Waals surface area contributed by atoms with Crippen molar-refractivity contribution in [2.45, 2.75) is 6.92 Å². The van der Waals surface area contributed by atoms with E-state index in [-0.39, 0.29) is 5.82 Å². The molecule has 1 aromatic carbocycles. The van der Waals surface area contributed by atoms with Gasteiger partial charge < -0.3 is 0 Å². The summed E-state index contributed by atoms with van der Waals surface area (Å²) < 4.78 is 33.6. The van der Waals surface area contributed by atoms with Crippen molar-refractivity contribution < 1.29 is 13.2 Å². The van der Waals surface area contributed by atoms with Crippen molar-refractivity contribution in [3.05, 3.63) is 29.6 Å². The van der Waals surface area contributed by atoms with Crippen molar-refractivity contribution >= 4 is 17.0 Å². The van der Waals surface area contributed by atoms with Crippen molar-refractivity contribution in [3.63, 3.8) is 0 Å². The Balaban J connectivity index is 2.89. The minimum Gasteiger partial charge on any atom is -0.289 e. The first kappa shape index (κ1) is 9.15. The highest BCUT2D eigenvalue weighted by Gasteiger charge is 1.99. The van der Waals surface area contributed by atoms with Gasteiger partial charge in [-0.25, -0.2) is 8.60 Å². The summed E-state index contributed by atoms with van der Waals surface area (Å²) in [6.07, 6.45) is 0. The molecule has 0 aliphatic carbocycles. The highest BCUT2D eigenvalue weighted by Crippen LogP contribution is 2.13. The first-order valence-corrected chi connectivity index (χ1v) is 4.34. The molecule has 0 fully saturated rings. The molecule has 2 N–H and O–H groups in total. The van der Waals surface area contributed by atoms with Crippen molar-refractivity contribution in [1.29, 1.82) is 0 Å². The Bertz CT molecular complexity index is 316. The van der Waals surface area contributed by atoms with Gasteiger partial charge in [-0.3, -0.25) is 9.27 Å². The molecule has 0 amide bonds.